The first-order valence-electron chi connectivity index (χ1n) is 6.57. The van der Waals surface area contributed by atoms with Gasteiger partial charge in [0.1, 0.15) is 4.90 Å². The van der Waals surface area contributed by atoms with Crippen molar-refractivity contribution in [3.05, 3.63) is 24.0 Å². The Morgan fingerprint density at radius 3 is 2.62 bits per heavy atom. The minimum atomic E-state index is -3.72. The number of nitrogens with two attached hydrogens (primary N) is 1. The molecular formula is C14H21N3O3S. The van der Waals surface area contributed by atoms with Gasteiger partial charge in [0.05, 0.1) is 12.1 Å². The predicted octanol–water partition coefficient (Wildman–Crippen LogP) is 0.173. The molecule has 6 nitrogen and oxygen atoms in total. The van der Waals surface area contributed by atoms with E-state index in [-0.39, 0.29) is 24.5 Å². The number of hydrogen-bond acceptors (Lipinski definition) is 5. The molecule has 1 aromatic heterocycles. The largest absolute Gasteiger partial charge is 0.389 e. The molecule has 0 aromatic carbocycles. The lowest BCUT2D eigenvalue weighted by Gasteiger charge is -2.27. The number of sulfonamides is 1. The fraction of sp³-hybridized carbons (Fsp3) is 0.500. The normalized spacial score (nSPS) is 12.1. The first-order valence-corrected chi connectivity index (χ1v) is 8.01. The molecule has 0 radical (unpaired) electrons. The summed E-state index contributed by atoms with van der Waals surface area (Å²) in [4.78, 5) is 3.96. The highest BCUT2D eigenvalue weighted by Gasteiger charge is 2.28. The standard InChI is InChI=1S/C14H21N3O3S/c1-4-17(11-14(2,3)18)21(19,20)13-8-12(6-5-7-15)9-16-10-13/h8-10,18H,4,7,11,15H2,1-3H3. The molecule has 1 aromatic rings. The molecule has 0 amide bonds. The summed E-state index contributed by atoms with van der Waals surface area (Å²) in [7, 11) is -3.72. The summed E-state index contributed by atoms with van der Waals surface area (Å²) in [5, 5.41) is 9.84. The summed E-state index contributed by atoms with van der Waals surface area (Å²) in [6, 6.07) is 1.46. The first kappa shape index (κ1) is 17.6. The molecule has 0 aliphatic rings. The highest BCUT2D eigenvalue weighted by Crippen LogP contribution is 2.18. The van der Waals surface area contributed by atoms with Crippen LogP contribution < -0.4 is 5.73 Å². The van der Waals surface area contributed by atoms with Crippen LogP contribution >= 0.6 is 0 Å². The highest BCUT2D eigenvalue weighted by molar-refractivity contribution is 7.89. The van der Waals surface area contributed by atoms with Gasteiger partial charge in [0.25, 0.3) is 0 Å². The molecule has 0 fully saturated rings. The van der Waals surface area contributed by atoms with Gasteiger partial charge in [-0.1, -0.05) is 18.8 Å². The quantitative estimate of drug-likeness (QED) is 0.756. The summed E-state index contributed by atoms with van der Waals surface area (Å²) in [6.07, 6.45) is 2.75. The average molecular weight is 311 g/mol. The maximum atomic E-state index is 12.6. The smallest absolute Gasteiger partial charge is 0.244 e. The van der Waals surface area contributed by atoms with Crippen LogP contribution in [0.2, 0.25) is 0 Å². The molecule has 3 N–H and O–H groups in total. The number of likely N-dealkylation sites (N-methyl/N-ethyl adjacent to an activating group) is 1. The van der Waals surface area contributed by atoms with Crippen LogP contribution in [0.25, 0.3) is 0 Å². The zero-order chi connectivity index (χ0) is 16.1. The van der Waals surface area contributed by atoms with Crippen molar-refractivity contribution in [1.29, 1.82) is 0 Å². The monoisotopic (exact) mass is 311 g/mol. The Balaban J connectivity index is 3.17. The van der Waals surface area contributed by atoms with Gasteiger partial charge in [0.15, 0.2) is 0 Å². The Kier molecular flexibility index (Phi) is 5.87. The number of hydrogen-bond donors (Lipinski definition) is 2. The van der Waals surface area contributed by atoms with Crippen molar-refractivity contribution in [2.45, 2.75) is 31.3 Å². The van der Waals surface area contributed by atoms with Crippen LogP contribution in [0.5, 0.6) is 0 Å². The summed E-state index contributed by atoms with van der Waals surface area (Å²) in [5.74, 6) is 5.41. The van der Waals surface area contributed by atoms with Crippen LogP contribution in [0.15, 0.2) is 23.4 Å². The first-order chi connectivity index (χ1) is 9.70. The number of aromatic nitrogens is 1. The van der Waals surface area contributed by atoms with E-state index in [1.807, 2.05) is 0 Å². The SMILES string of the molecule is CCN(CC(C)(C)O)S(=O)(=O)c1cncc(C#CCN)c1. The van der Waals surface area contributed by atoms with E-state index in [9.17, 15) is 13.5 Å². The second-order valence-corrected chi connectivity index (χ2v) is 7.10. The Morgan fingerprint density at radius 1 is 1.43 bits per heavy atom. The molecule has 0 unspecified atom stereocenters. The van der Waals surface area contributed by atoms with Gasteiger partial charge in [-0.15, -0.1) is 0 Å². The molecule has 116 valence electrons. The van der Waals surface area contributed by atoms with E-state index in [1.54, 1.807) is 20.8 Å². The summed E-state index contributed by atoms with van der Waals surface area (Å²) in [6.45, 7) is 5.29. The molecule has 0 saturated heterocycles. The lowest BCUT2D eigenvalue weighted by atomic mass is 10.1. The van der Waals surface area contributed by atoms with E-state index in [4.69, 9.17) is 5.73 Å². The lowest BCUT2D eigenvalue weighted by Crippen LogP contribution is -2.42. The third-order valence-electron chi connectivity index (χ3n) is 2.60. The van der Waals surface area contributed by atoms with Gasteiger partial charge in [-0.2, -0.15) is 4.31 Å². The third-order valence-corrected chi connectivity index (χ3v) is 4.49. The second-order valence-electron chi connectivity index (χ2n) is 5.16. The van der Waals surface area contributed by atoms with E-state index in [1.165, 1.54) is 22.8 Å². The highest BCUT2D eigenvalue weighted by atomic mass is 32.2. The van der Waals surface area contributed by atoms with Crippen molar-refractivity contribution in [1.82, 2.24) is 9.29 Å². The van der Waals surface area contributed by atoms with Crippen LogP contribution in [0.1, 0.15) is 26.3 Å². The topological polar surface area (TPSA) is 96.5 Å². The van der Waals surface area contributed by atoms with E-state index >= 15 is 0 Å². The van der Waals surface area contributed by atoms with Crippen molar-refractivity contribution < 1.29 is 13.5 Å². The molecule has 7 heteroatoms. The minimum absolute atomic E-state index is 0.00450. The molecule has 0 atom stereocenters. The summed E-state index contributed by atoms with van der Waals surface area (Å²) < 4.78 is 26.4. The van der Waals surface area contributed by atoms with Gasteiger partial charge in [-0.3, -0.25) is 4.98 Å². The molecule has 1 heterocycles. The van der Waals surface area contributed by atoms with Crippen molar-refractivity contribution in [2.75, 3.05) is 19.6 Å². The van der Waals surface area contributed by atoms with Crippen LogP contribution in [0.3, 0.4) is 0 Å². The maximum absolute atomic E-state index is 12.6. The van der Waals surface area contributed by atoms with E-state index in [0.717, 1.165) is 0 Å². The van der Waals surface area contributed by atoms with E-state index in [0.29, 0.717) is 5.56 Å². The van der Waals surface area contributed by atoms with Gasteiger partial charge >= 0.3 is 0 Å². The fourth-order valence-corrected chi connectivity index (χ4v) is 3.32. The minimum Gasteiger partial charge on any atom is -0.389 e. The maximum Gasteiger partial charge on any atom is 0.244 e. The average Bonchev–Trinajstić information content (AvgIpc) is 2.41. The number of pyridine rings is 1. The lowest BCUT2D eigenvalue weighted by molar-refractivity contribution is 0.0601. The Labute approximate surface area is 126 Å². The van der Waals surface area contributed by atoms with Gasteiger partial charge in [0, 0.05) is 31.0 Å². The summed E-state index contributed by atoms with van der Waals surface area (Å²) >= 11 is 0. The van der Waals surface area contributed by atoms with E-state index < -0.39 is 15.6 Å². The van der Waals surface area contributed by atoms with E-state index in [2.05, 4.69) is 16.8 Å². The molecule has 0 aliphatic heterocycles. The molecule has 0 spiro atoms. The predicted molar refractivity (Wildman–Crippen MR) is 80.9 cm³/mol. The molecule has 21 heavy (non-hydrogen) atoms. The summed E-state index contributed by atoms with van der Waals surface area (Å²) in [5.41, 5.74) is 4.66. The van der Waals surface area contributed by atoms with Crippen LogP contribution in [0.4, 0.5) is 0 Å². The van der Waals surface area contributed by atoms with Crippen molar-refractivity contribution in [3.8, 4) is 11.8 Å². The third kappa shape index (κ3) is 5.10. The molecule has 1 rings (SSSR count). The Hall–Kier alpha value is -1.46. The zero-order valence-electron chi connectivity index (χ0n) is 12.5. The van der Waals surface area contributed by atoms with Crippen LogP contribution in [-0.2, 0) is 10.0 Å². The Bertz CT molecular complexity index is 639. The molecule has 0 saturated carbocycles. The molecule has 0 aliphatic carbocycles. The fourth-order valence-electron chi connectivity index (χ4n) is 1.73. The van der Waals surface area contributed by atoms with Crippen LogP contribution in [0, 0.1) is 11.8 Å². The van der Waals surface area contributed by atoms with Gasteiger partial charge in [-0.05, 0) is 19.9 Å². The van der Waals surface area contributed by atoms with Gasteiger partial charge < -0.3 is 10.8 Å². The van der Waals surface area contributed by atoms with Crippen LogP contribution in [-0.4, -0.2) is 48.0 Å². The van der Waals surface area contributed by atoms with Crippen molar-refractivity contribution in [3.63, 3.8) is 0 Å². The zero-order valence-corrected chi connectivity index (χ0v) is 13.3. The Morgan fingerprint density at radius 2 is 2.10 bits per heavy atom. The molecule has 0 bridgehead atoms. The number of rotatable bonds is 5. The second kappa shape index (κ2) is 7.00. The van der Waals surface area contributed by atoms with Gasteiger partial charge in [-0.25, -0.2) is 8.42 Å². The van der Waals surface area contributed by atoms with Crippen molar-refractivity contribution in [2.24, 2.45) is 5.73 Å². The number of nitrogens with zero attached hydrogens (tertiary/aromatic N) is 2. The molecular weight excluding hydrogens is 290 g/mol. The number of aliphatic hydroxyl groups is 1. The van der Waals surface area contributed by atoms with Crippen molar-refractivity contribution >= 4 is 10.0 Å². The van der Waals surface area contributed by atoms with Gasteiger partial charge in [0.2, 0.25) is 10.0 Å².